The van der Waals surface area contributed by atoms with E-state index in [4.69, 9.17) is 0 Å². The molecular weight excluding hydrogens is 324 g/mol. The van der Waals surface area contributed by atoms with Crippen LogP contribution in [0.4, 0.5) is 4.79 Å². The van der Waals surface area contributed by atoms with E-state index in [-0.39, 0.29) is 28.8 Å². The van der Waals surface area contributed by atoms with Crippen molar-refractivity contribution in [2.75, 3.05) is 18.8 Å². The molecule has 0 N–H and O–H groups in total. The van der Waals surface area contributed by atoms with E-state index in [0.717, 1.165) is 18.2 Å². The minimum absolute atomic E-state index is 0.0995. The lowest BCUT2D eigenvalue weighted by molar-refractivity contribution is -0.131. The number of amides is 3. The summed E-state index contributed by atoms with van der Waals surface area (Å²) in [4.78, 5) is 39.1. The molecule has 128 valence electrons. The van der Waals surface area contributed by atoms with Crippen molar-refractivity contribution in [3.8, 4) is 0 Å². The van der Waals surface area contributed by atoms with Gasteiger partial charge in [-0.15, -0.1) is 0 Å². The normalized spacial score (nSPS) is 21.0. The summed E-state index contributed by atoms with van der Waals surface area (Å²) < 4.78 is 0. The standard InChI is InChI=1S/C18H22N2O3S/c1-12-3-4-14(9-13(12)2)5-6-16(21)19-8-7-15(10-19)20-17(22)11-24-18(20)23/h3-4,9,15H,5-8,10-11H2,1-2H3. The number of hydrogen-bond acceptors (Lipinski definition) is 4. The molecule has 5 nitrogen and oxygen atoms in total. The summed E-state index contributed by atoms with van der Waals surface area (Å²) in [6.07, 6.45) is 1.87. The number of imide groups is 1. The quantitative estimate of drug-likeness (QED) is 0.841. The lowest BCUT2D eigenvalue weighted by Gasteiger charge is -2.22. The van der Waals surface area contributed by atoms with Crippen molar-refractivity contribution in [3.05, 3.63) is 34.9 Å². The van der Waals surface area contributed by atoms with Crippen molar-refractivity contribution in [1.29, 1.82) is 0 Å². The number of nitrogens with zero attached hydrogens (tertiary/aromatic N) is 2. The number of rotatable bonds is 4. The molecule has 3 amide bonds. The van der Waals surface area contributed by atoms with E-state index in [0.29, 0.717) is 25.9 Å². The molecule has 0 bridgehead atoms. The van der Waals surface area contributed by atoms with E-state index in [1.54, 1.807) is 4.90 Å². The van der Waals surface area contributed by atoms with Gasteiger partial charge in [0.1, 0.15) is 0 Å². The maximum Gasteiger partial charge on any atom is 0.289 e. The van der Waals surface area contributed by atoms with E-state index in [1.165, 1.54) is 21.6 Å². The maximum absolute atomic E-state index is 12.4. The lowest BCUT2D eigenvalue weighted by Crippen LogP contribution is -2.41. The number of carbonyl (C=O) groups excluding carboxylic acids is 3. The predicted octanol–water partition coefficient (Wildman–Crippen LogP) is 2.53. The number of likely N-dealkylation sites (tertiary alicyclic amines) is 1. The first-order valence-corrected chi connectivity index (χ1v) is 9.27. The first kappa shape index (κ1) is 17.0. The van der Waals surface area contributed by atoms with E-state index < -0.39 is 0 Å². The number of carbonyl (C=O) groups is 3. The molecule has 0 aromatic heterocycles. The highest BCUT2D eigenvalue weighted by Crippen LogP contribution is 2.26. The zero-order valence-corrected chi connectivity index (χ0v) is 14.9. The lowest BCUT2D eigenvalue weighted by atomic mass is 10.0. The zero-order valence-electron chi connectivity index (χ0n) is 14.1. The fourth-order valence-electron chi connectivity index (χ4n) is 3.26. The fraction of sp³-hybridized carbons (Fsp3) is 0.500. The van der Waals surface area contributed by atoms with Gasteiger partial charge in [-0.25, -0.2) is 0 Å². The molecule has 0 spiro atoms. The van der Waals surface area contributed by atoms with Gasteiger partial charge in [-0.05, 0) is 43.4 Å². The fourth-order valence-corrected chi connectivity index (χ4v) is 4.04. The van der Waals surface area contributed by atoms with Crippen LogP contribution in [0.1, 0.15) is 29.5 Å². The zero-order chi connectivity index (χ0) is 17.3. The van der Waals surface area contributed by atoms with Crippen LogP contribution < -0.4 is 0 Å². The van der Waals surface area contributed by atoms with Gasteiger partial charge >= 0.3 is 0 Å². The molecule has 0 aliphatic carbocycles. The molecule has 1 aromatic rings. The Morgan fingerprint density at radius 1 is 1.25 bits per heavy atom. The molecule has 1 unspecified atom stereocenters. The highest BCUT2D eigenvalue weighted by Gasteiger charge is 2.39. The molecule has 2 saturated heterocycles. The second-order valence-electron chi connectivity index (χ2n) is 6.52. The number of benzene rings is 1. The average Bonchev–Trinajstić information content (AvgIpc) is 3.15. The highest BCUT2D eigenvalue weighted by molar-refractivity contribution is 8.14. The van der Waals surface area contributed by atoms with Crippen LogP contribution in [-0.2, 0) is 16.0 Å². The average molecular weight is 346 g/mol. The maximum atomic E-state index is 12.4. The first-order chi connectivity index (χ1) is 11.5. The Kier molecular flexibility index (Phi) is 4.94. The summed E-state index contributed by atoms with van der Waals surface area (Å²) >= 11 is 1.05. The Morgan fingerprint density at radius 3 is 2.71 bits per heavy atom. The summed E-state index contributed by atoms with van der Waals surface area (Å²) in [7, 11) is 0. The van der Waals surface area contributed by atoms with Crippen molar-refractivity contribution in [2.45, 2.75) is 39.2 Å². The topological polar surface area (TPSA) is 57.7 Å². The monoisotopic (exact) mass is 346 g/mol. The third-order valence-corrected chi connectivity index (χ3v) is 5.70. The van der Waals surface area contributed by atoms with E-state index in [2.05, 4.69) is 32.0 Å². The Balaban J connectivity index is 1.54. The van der Waals surface area contributed by atoms with Gasteiger partial charge in [-0.1, -0.05) is 30.0 Å². The summed E-state index contributed by atoms with van der Waals surface area (Å²) in [5.74, 6) is 0.206. The van der Waals surface area contributed by atoms with Crippen molar-refractivity contribution in [2.24, 2.45) is 0 Å². The van der Waals surface area contributed by atoms with Gasteiger partial charge in [0.2, 0.25) is 11.8 Å². The van der Waals surface area contributed by atoms with Crippen LogP contribution in [0.3, 0.4) is 0 Å². The Bertz CT molecular complexity index is 673. The summed E-state index contributed by atoms with van der Waals surface area (Å²) in [6.45, 7) is 5.25. The highest BCUT2D eigenvalue weighted by atomic mass is 32.2. The van der Waals surface area contributed by atoms with Crippen molar-refractivity contribution < 1.29 is 14.4 Å². The van der Waals surface area contributed by atoms with Gasteiger partial charge in [0.05, 0.1) is 11.8 Å². The minimum Gasteiger partial charge on any atom is -0.341 e. The third-order valence-electron chi connectivity index (χ3n) is 4.86. The van der Waals surface area contributed by atoms with Gasteiger partial charge in [0.25, 0.3) is 5.24 Å². The van der Waals surface area contributed by atoms with Crippen LogP contribution in [0.5, 0.6) is 0 Å². The molecule has 0 saturated carbocycles. The molecule has 2 aliphatic heterocycles. The summed E-state index contributed by atoms with van der Waals surface area (Å²) in [5, 5.41) is -0.172. The summed E-state index contributed by atoms with van der Waals surface area (Å²) in [6, 6.07) is 6.14. The van der Waals surface area contributed by atoms with Crippen LogP contribution in [0.15, 0.2) is 18.2 Å². The Labute approximate surface area is 146 Å². The first-order valence-electron chi connectivity index (χ1n) is 8.28. The predicted molar refractivity (Wildman–Crippen MR) is 93.9 cm³/mol. The molecular formula is C18H22N2O3S. The van der Waals surface area contributed by atoms with Gasteiger partial charge < -0.3 is 4.90 Å². The molecule has 2 fully saturated rings. The summed E-state index contributed by atoms with van der Waals surface area (Å²) in [5.41, 5.74) is 3.67. The molecule has 0 radical (unpaired) electrons. The van der Waals surface area contributed by atoms with E-state index >= 15 is 0 Å². The minimum atomic E-state index is -0.172. The van der Waals surface area contributed by atoms with Crippen LogP contribution in [-0.4, -0.2) is 51.7 Å². The van der Waals surface area contributed by atoms with Crippen molar-refractivity contribution >= 4 is 28.8 Å². The van der Waals surface area contributed by atoms with Crippen LogP contribution >= 0.6 is 11.8 Å². The van der Waals surface area contributed by atoms with Crippen molar-refractivity contribution in [3.63, 3.8) is 0 Å². The molecule has 24 heavy (non-hydrogen) atoms. The molecule has 1 atom stereocenters. The van der Waals surface area contributed by atoms with Crippen LogP contribution in [0, 0.1) is 13.8 Å². The van der Waals surface area contributed by atoms with Gasteiger partial charge in [0, 0.05) is 19.5 Å². The Hall–Kier alpha value is -1.82. The molecule has 1 aromatic carbocycles. The van der Waals surface area contributed by atoms with Gasteiger partial charge in [-0.3, -0.25) is 19.3 Å². The number of hydrogen-bond donors (Lipinski definition) is 0. The number of aryl methyl sites for hydroxylation is 3. The van der Waals surface area contributed by atoms with Gasteiger partial charge in [-0.2, -0.15) is 0 Å². The Morgan fingerprint density at radius 2 is 2.04 bits per heavy atom. The van der Waals surface area contributed by atoms with E-state index in [1.807, 2.05) is 0 Å². The smallest absolute Gasteiger partial charge is 0.289 e. The molecule has 2 aliphatic rings. The molecule has 2 heterocycles. The van der Waals surface area contributed by atoms with Gasteiger partial charge in [0.15, 0.2) is 0 Å². The second-order valence-corrected chi connectivity index (χ2v) is 7.45. The third kappa shape index (κ3) is 3.48. The SMILES string of the molecule is Cc1ccc(CCC(=O)N2CCC(N3C(=O)CSC3=O)C2)cc1C. The van der Waals surface area contributed by atoms with Crippen molar-refractivity contribution in [1.82, 2.24) is 9.80 Å². The number of thioether (sulfide) groups is 1. The molecule has 3 rings (SSSR count). The van der Waals surface area contributed by atoms with E-state index in [9.17, 15) is 14.4 Å². The molecule has 6 heteroatoms. The van der Waals surface area contributed by atoms with Crippen LogP contribution in [0.2, 0.25) is 0 Å². The second kappa shape index (κ2) is 6.97. The largest absolute Gasteiger partial charge is 0.341 e. The van der Waals surface area contributed by atoms with Crippen LogP contribution in [0.25, 0.3) is 0 Å².